The van der Waals surface area contributed by atoms with E-state index in [-0.39, 0.29) is 6.04 Å². The summed E-state index contributed by atoms with van der Waals surface area (Å²) in [7, 11) is 1.69. The second kappa shape index (κ2) is 5.91. The molecule has 3 N–H and O–H groups in total. The lowest BCUT2D eigenvalue weighted by Crippen LogP contribution is -2.34. The van der Waals surface area contributed by atoms with Crippen LogP contribution in [0, 0.1) is 0 Å². The maximum Gasteiger partial charge on any atom is 0.129 e. The monoisotopic (exact) mass is 289 g/mol. The molecule has 0 aromatic carbocycles. The first-order chi connectivity index (χ1) is 9.83. The van der Waals surface area contributed by atoms with E-state index in [1.54, 1.807) is 18.4 Å². The molecule has 1 aliphatic rings. The van der Waals surface area contributed by atoms with Gasteiger partial charge >= 0.3 is 0 Å². The minimum atomic E-state index is 0.0952. The average molecular weight is 289 g/mol. The van der Waals surface area contributed by atoms with Gasteiger partial charge in [0.15, 0.2) is 0 Å². The third-order valence-corrected chi connectivity index (χ3v) is 4.95. The molecule has 2 unspecified atom stereocenters. The van der Waals surface area contributed by atoms with E-state index in [9.17, 15) is 0 Å². The SMILES string of the molecule is COc1csc(C(NN)C2CCCc3cccnc32)c1. The van der Waals surface area contributed by atoms with Crippen molar-refractivity contribution in [2.45, 2.75) is 31.2 Å². The van der Waals surface area contributed by atoms with Crippen LogP contribution in [0.4, 0.5) is 0 Å². The molecule has 1 aliphatic carbocycles. The molecule has 2 aromatic heterocycles. The lowest BCUT2D eigenvalue weighted by atomic mass is 9.81. The Hall–Kier alpha value is -1.43. The lowest BCUT2D eigenvalue weighted by Gasteiger charge is -2.30. The lowest BCUT2D eigenvalue weighted by molar-refractivity contribution is 0.399. The predicted octanol–water partition coefficient (Wildman–Crippen LogP) is 2.78. The molecule has 0 aliphatic heterocycles. The molecule has 0 bridgehead atoms. The number of rotatable bonds is 4. The average Bonchev–Trinajstić information content (AvgIpc) is 2.97. The highest BCUT2D eigenvalue weighted by Gasteiger charge is 2.30. The number of methoxy groups -OCH3 is 1. The number of hydrazine groups is 1. The van der Waals surface area contributed by atoms with Crippen LogP contribution in [0.2, 0.25) is 0 Å². The van der Waals surface area contributed by atoms with Crippen molar-refractivity contribution in [3.8, 4) is 5.75 Å². The van der Waals surface area contributed by atoms with Gasteiger partial charge in [0.25, 0.3) is 0 Å². The molecule has 2 aromatic rings. The Morgan fingerprint density at radius 2 is 2.45 bits per heavy atom. The molecular weight excluding hydrogens is 270 g/mol. The number of nitrogens with one attached hydrogen (secondary N) is 1. The Morgan fingerprint density at radius 1 is 1.55 bits per heavy atom. The molecule has 20 heavy (non-hydrogen) atoms. The van der Waals surface area contributed by atoms with Gasteiger partial charge in [0.05, 0.1) is 13.2 Å². The molecule has 5 heteroatoms. The highest BCUT2D eigenvalue weighted by Crippen LogP contribution is 2.41. The molecule has 0 amide bonds. The fourth-order valence-corrected chi connectivity index (χ4v) is 3.95. The fourth-order valence-electron chi connectivity index (χ4n) is 2.97. The number of fused-ring (bicyclic) bond motifs is 1. The topological polar surface area (TPSA) is 60.2 Å². The van der Waals surface area contributed by atoms with Crippen LogP contribution in [0.1, 0.15) is 40.9 Å². The number of nitrogens with zero attached hydrogens (tertiary/aromatic N) is 1. The highest BCUT2D eigenvalue weighted by molar-refractivity contribution is 7.10. The summed E-state index contributed by atoms with van der Waals surface area (Å²) in [4.78, 5) is 5.80. The quantitative estimate of drug-likeness (QED) is 0.671. The van der Waals surface area contributed by atoms with Crippen molar-refractivity contribution in [3.63, 3.8) is 0 Å². The number of hydrogen-bond donors (Lipinski definition) is 2. The van der Waals surface area contributed by atoms with E-state index in [0.717, 1.165) is 18.6 Å². The van der Waals surface area contributed by atoms with Crippen molar-refractivity contribution in [1.29, 1.82) is 0 Å². The van der Waals surface area contributed by atoms with Gasteiger partial charge in [-0.25, -0.2) is 0 Å². The van der Waals surface area contributed by atoms with Crippen molar-refractivity contribution >= 4 is 11.3 Å². The van der Waals surface area contributed by atoms with E-state index < -0.39 is 0 Å². The Kier molecular flexibility index (Phi) is 4.00. The fraction of sp³-hybridized carbons (Fsp3) is 0.400. The summed E-state index contributed by atoms with van der Waals surface area (Å²) >= 11 is 1.68. The molecule has 0 fully saturated rings. The van der Waals surface area contributed by atoms with Gasteiger partial charge in [-0.1, -0.05) is 6.07 Å². The van der Waals surface area contributed by atoms with Gasteiger partial charge in [-0.05, 0) is 37.0 Å². The van der Waals surface area contributed by atoms with Crippen LogP contribution >= 0.6 is 11.3 Å². The predicted molar refractivity (Wildman–Crippen MR) is 80.9 cm³/mol. The summed E-state index contributed by atoms with van der Waals surface area (Å²) < 4.78 is 5.27. The number of thiophene rings is 1. The van der Waals surface area contributed by atoms with E-state index in [1.165, 1.54) is 22.6 Å². The summed E-state index contributed by atoms with van der Waals surface area (Å²) in [5.74, 6) is 7.05. The zero-order valence-electron chi connectivity index (χ0n) is 11.5. The Morgan fingerprint density at radius 3 is 3.20 bits per heavy atom. The molecule has 106 valence electrons. The van der Waals surface area contributed by atoms with Crippen molar-refractivity contribution in [2.24, 2.45) is 5.84 Å². The van der Waals surface area contributed by atoms with Crippen LogP contribution in [0.25, 0.3) is 0 Å². The first-order valence-corrected chi connectivity index (χ1v) is 7.73. The molecular formula is C15H19N3OS. The Balaban J connectivity index is 1.94. The van der Waals surface area contributed by atoms with E-state index in [4.69, 9.17) is 10.6 Å². The zero-order valence-corrected chi connectivity index (χ0v) is 12.3. The summed E-state index contributed by atoms with van der Waals surface area (Å²) in [6.07, 6.45) is 5.29. The van der Waals surface area contributed by atoms with Gasteiger partial charge < -0.3 is 4.74 Å². The number of pyridine rings is 1. The van der Waals surface area contributed by atoms with Crippen LogP contribution in [0.3, 0.4) is 0 Å². The van der Waals surface area contributed by atoms with Crippen LogP contribution in [-0.4, -0.2) is 12.1 Å². The maximum atomic E-state index is 5.83. The molecule has 0 saturated carbocycles. The minimum Gasteiger partial charge on any atom is -0.496 e. The minimum absolute atomic E-state index is 0.0952. The van der Waals surface area contributed by atoms with Crippen molar-refractivity contribution < 1.29 is 4.74 Å². The second-order valence-corrected chi connectivity index (χ2v) is 6.02. The number of aromatic nitrogens is 1. The van der Waals surface area contributed by atoms with Crippen molar-refractivity contribution in [3.05, 3.63) is 45.9 Å². The number of aryl methyl sites for hydroxylation is 1. The van der Waals surface area contributed by atoms with Gasteiger partial charge in [-0.15, -0.1) is 11.3 Å². The van der Waals surface area contributed by atoms with Gasteiger partial charge in [-0.2, -0.15) is 0 Å². The number of nitrogens with two attached hydrogens (primary N) is 1. The highest BCUT2D eigenvalue weighted by atomic mass is 32.1. The third-order valence-electron chi connectivity index (χ3n) is 3.96. The first-order valence-electron chi connectivity index (χ1n) is 6.86. The third kappa shape index (κ3) is 2.44. The summed E-state index contributed by atoms with van der Waals surface area (Å²) in [6.45, 7) is 0. The summed E-state index contributed by atoms with van der Waals surface area (Å²) in [5, 5.41) is 2.02. The largest absolute Gasteiger partial charge is 0.496 e. The van der Waals surface area contributed by atoms with Crippen LogP contribution in [0.15, 0.2) is 29.8 Å². The molecule has 0 saturated heterocycles. The van der Waals surface area contributed by atoms with Crippen LogP contribution in [-0.2, 0) is 6.42 Å². The van der Waals surface area contributed by atoms with Gasteiger partial charge in [0, 0.05) is 28.1 Å². The standard InChI is InChI=1S/C15H19N3OS/c1-19-11-8-13(20-9-11)15(18-16)12-6-2-4-10-5-3-7-17-14(10)12/h3,5,7-9,12,15,18H,2,4,6,16H2,1H3. The van der Waals surface area contributed by atoms with E-state index >= 15 is 0 Å². The first kappa shape index (κ1) is 13.5. The Bertz CT molecular complexity index is 584. The number of ether oxygens (including phenoxy) is 1. The summed E-state index contributed by atoms with van der Waals surface area (Å²) in [5.41, 5.74) is 5.52. The van der Waals surface area contributed by atoms with Gasteiger partial charge in [0.2, 0.25) is 0 Å². The zero-order chi connectivity index (χ0) is 13.9. The van der Waals surface area contributed by atoms with E-state index in [0.29, 0.717) is 5.92 Å². The van der Waals surface area contributed by atoms with E-state index in [1.807, 2.05) is 17.6 Å². The van der Waals surface area contributed by atoms with Crippen molar-refractivity contribution in [1.82, 2.24) is 10.4 Å². The smallest absolute Gasteiger partial charge is 0.129 e. The second-order valence-electron chi connectivity index (χ2n) is 5.08. The van der Waals surface area contributed by atoms with Crippen LogP contribution in [0.5, 0.6) is 5.75 Å². The van der Waals surface area contributed by atoms with Crippen LogP contribution < -0.4 is 16.0 Å². The maximum absolute atomic E-state index is 5.83. The normalized spacial score (nSPS) is 19.4. The molecule has 3 rings (SSSR count). The molecule has 0 radical (unpaired) electrons. The molecule has 2 atom stereocenters. The Labute approximate surface area is 123 Å². The molecule has 2 heterocycles. The summed E-state index contributed by atoms with van der Waals surface area (Å²) in [6, 6.07) is 6.35. The van der Waals surface area contributed by atoms with Gasteiger partial charge in [-0.3, -0.25) is 16.3 Å². The molecule has 4 nitrogen and oxygen atoms in total. The molecule has 0 spiro atoms. The van der Waals surface area contributed by atoms with Gasteiger partial charge in [0.1, 0.15) is 5.75 Å². The van der Waals surface area contributed by atoms with Crippen molar-refractivity contribution in [2.75, 3.05) is 7.11 Å². The number of hydrogen-bond acceptors (Lipinski definition) is 5. The van der Waals surface area contributed by atoms with E-state index in [2.05, 4.69) is 22.5 Å².